The Bertz CT molecular complexity index is 421. The summed E-state index contributed by atoms with van der Waals surface area (Å²) in [5.41, 5.74) is 0.470. The quantitative estimate of drug-likeness (QED) is 0.871. The lowest BCUT2D eigenvalue weighted by Gasteiger charge is -2.32. The molecule has 4 nitrogen and oxygen atoms in total. The lowest BCUT2D eigenvalue weighted by molar-refractivity contribution is 0.0749. The van der Waals surface area contributed by atoms with E-state index in [1.165, 1.54) is 0 Å². The van der Waals surface area contributed by atoms with Gasteiger partial charge in [-0.15, -0.1) is 0 Å². The highest BCUT2D eigenvalue weighted by atomic mass is 79.9. The highest BCUT2D eigenvalue weighted by molar-refractivity contribution is 9.10. The van der Waals surface area contributed by atoms with Crippen LogP contribution in [-0.2, 0) is 6.54 Å². The summed E-state index contributed by atoms with van der Waals surface area (Å²) in [6.45, 7) is 6.62. The zero-order chi connectivity index (χ0) is 12.5. The Morgan fingerprint density at radius 3 is 2.82 bits per heavy atom. The van der Waals surface area contributed by atoms with Crippen LogP contribution in [0.1, 0.15) is 37.2 Å². The average Bonchev–Trinajstić information content (AvgIpc) is 2.70. The number of rotatable bonds is 3. The summed E-state index contributed by atoms with van der Waals surface area (Å²) in [7, 11) is 0. The fraction of sp³-hybridized carbons (Fsp3) is 0.667. The van der Waals surface area contributed by atoms with Gasteiger partial charge in [-0.2, -0.15) is 5.10 Å². The number of ketones is 1. The molecule has 2 heterocycles. The molecule has 0 radical (unpaired) electrons. The molecule has 5 heteroatoms. The first kappa shape index (κ1) is 12.8. The van der Waals surface area contributed by atoms with Crippen molar-refractivity contribution >= 4 is 21.7 Å². The van der Waals surface area contributed by atoms with Gasteiger partial charge >= 0.3 is 0 Å². The van der Waals surface area contributed by atoms with Gasteiger partial charge in [0.2, 0.25) is 0 Å². The van der Waals surface area contributed by atoms with Crippen molar-refractivity contribution in [3.63, 3.8) is 0 Å². The first-order valence-corrected chi connectivity index (χ1v) is 6.84. The Hall–Kier alpha value is -0.680. The van der Waals surface area contributed by atoms with Gasteiger partial charge in [0, 0.05) is 12.0 Å². The minimum absolute atomic E-state index is 0.213. The van der Waals surface area contributed by atoms with Crippen molar-refractivity contribution in [1.29, 1.82) is 0 Å². The van der Waals surface area contributed by atoms with Crippen molar-refractivity contribution in [2.24, 2.45) is 5.41 Å². The van der Waals surface area contributed by atoms with Crippen LogP contribution in [0.2, 0.25) is 0 Å². The molecule has 1 fully saturated rings. The number of aromatic nitrogens is 2. The molecule has 0 atom stereocenters. The van der Waals surface area contributed by atoms with Gasteiger partial charge in [-0.3, -0.25) is 9.48 Å². The number of hydrogen-bond acceptors (Lipinski definition) is 3. The first-order valence-electron chi connectivity index (χ1n) is 6.05. The van der Waals surface area contributed by atoms with E-state index in [9.17, 15) is 4.79 Å². The summed E-state index contributed by atoms with van der Waals surface area (Å²) < 4.78 is 2.59. The summed E-state index contributed by atoms with van der Waals surface area (Å²) in [6.07, 6.45) is 3.50. The van der Waals surface area contributed by atoms with E-state index in [1.54, 1.807) is 10.9 Å². The second kappa shape index (κ2) is 4.90. The van der Waals surface area contributed by atoms with Crippen molar-refractivity contribution < 1.29 is 4.79 Å². The molecule has 0 spiro atoms. The van der Waals surface area contributed by atoms with Crippen molar-refractivity contribution in [1.82, 2.24) is 15.1 Å². The van der Waals surface area contributed by atoms with Gasteiger partial charge in [0.1, 0.15) is 5.69 Å². The number of carbonyl (C=O) groups excluding carboxylic acids is 1. The molecule has 0 bridgehead atoms. The largest absolute Gasteiger partial charge is 0.317 e. The SMILES string of the molecule is CCn1ncc(Br)c1C(=O)C1(C)CCNCC1. The second-order valence-corrected chi connectivity index (χ2v) is 5.65. The third-order valence-corrected chi connectivity index (χ3v) is 4.15. The molecule has 1 saturated heterocycles. The fourth-order valence-electron chi connectivity index (χ4n) is 2.32. The number of piperidine rings is 1. The Morgan fingerprint density at radius 2 is 2.24 bits per heavy atom. The molecular formula is C12H18BrN3O. The molecule has 0 saturated carbocycles. The summed E-state index contributed by atoms with van der Waals surface area (Å²) >= 11 is 3.43. The maximum Gasteiger partial charge on any atom is 0.187 e. The lowest BCUT2D eigenvalue weighted by Crippen LogP contribution is -2.40. The second-order valence-electron chi connectivity index (χ2n) is 4.80. The summed E-state index contributed by atoms with van der Waals surface area (Å²) in [4.78, 5) is 12.7. The van der Waals surface area contributed by atoms with Crippen molar-refractivity contribution in [3.05, 3.63) is 16.4 Å². The number of Topliss-reactive ketones (excluding diaryl/α,β-unsaturated/α-hetero) is 1. The summed E-state index contributed by atoms with van der Waals surface area (Å²) in [6, 6.07) is 0. The molecule has 1 aromatic heterocycles. The van der Waals surface area contributed by atoms with Gasteiger partial charge in [0.25, 0.3) is 0 Å². The first-order chi connectivity index (χ1) is 8.08. The predicted molar refractivity (Wildman–Crippen MR) is 70.1 cm³/mol. The van der Waals surface area contributed by atoms with Crippen molar-refractivity contribution in [2.45, 2.75) is 33.2 Å². The fourth-order valence-corrected chi connectivity index (χ4v) is 2.80. The van der Waals surface area contributed by atoms with E-state index in [0.29, 0.717) is 0 Å². The standard InChI is InChI=1S/C12H18BrN3O/c1-3-16-10(9(13)8-15-16)11(17)12(2)4-6-14-7-5-12/h8,14H,3-7H2,1-2H3. The van der Waals surface area contributed by atoms with Gasteiger partial charge in [-0.25, -0.2) is 0 Å². The van der Waals surface area contributed by atoms with Gasteiger partial charge in [0.05, 0.1) is 10.7 Å². The summed E-state index contributed by atoms with van der Waals surface area (Å²) in [5.74, 6) is 0.213. The number of hydrogen-bond donors (Lipinski definition) is 1. The highest BCUT2D eigenvalue weighted by Gasteiger charge is 2.37. The minimum Gasteiger partial charge on any atom is -0.317 e. The average molecular weight is 300 g/mol. The molecule has 1 aliphatic rings. The Kier molecular flexibility index (Phi) is 3.68. The number of halogens is 1. The van der Waals surface area contributed by atoms with Gasteiger partial charge in [0.15, 0.2) is 5.78 Å². The van der Waals surface area contributed by atoms with Crippen LogP contribution in [0.4, 0.5) is 0 Å². The van der Waals surface area contributed by atoms with Crippen molar-refractivity contribution in [2.75, 3.05) is 13.1 Å². The van der Waals surface area contributed by atoms with Crippen LogP contribution in [0.3, 0.4) is 0 Å². The topological polar surface area (TPSA) is 46.9 Å². The number of nitrogens with one attached hydrogen (secondary N) is 1. The van der Waals surface area contributed by atoms with Crippen LogP contribution in [0, 0.1) is 5.41 Å². The van der Waals surface area contributed by atoms with E-state index in [-0.39, 0.29) is 11.2 Å². The van der Waals surface area contributed by atoms with Crippen LogP contribution in [0.5, 0.6) is 0 Å². The van der Waals surface area contributed by atoms with Gasteiger partial charge in [-0.05, 0) is 48.8 Å². The van der Waals surface area contributed by atoms with E-state index in [1.807, 2.05) is 6.92 Å². The number of aryl methyl sites for hydroxylation is 1. The number of carbonyl (C=O) groups is 1. The molecule has 1 N–H and O–H groups in total. The summed E-state index contributed by atoms with van der Waals surface area (Å²) in [5, 5.41) is 7.51. The maximum absolute atomic E-state index is 12.7. The monoisotopic (exact) mass is 299 g/mol. The van der Waals surface area contributed by atoms with Crippen LogP contribution in [0.15, 0.2) is 10.7 Å². The van der Waals surface area contributed by atoms with Crippen molar-refractivity contribution in [3.8, 4) is 0 Å². The van der Waals surface area contributed by atoms with Crippen LogP contribution < -0.4 is 5.32 Å². The molecule has 0 aromatic carbocycles. The number of nitrogens with zero attached hydrogens (tertiary/aromatic N) is 2. The van der Waals surface area contributed by atoms with Gasteiger partial charge < -0.3 is 5.32 Å². The van der Waals surface area contributed by atoms with Crippen LogP contribution >= 0.6 is 15.9 Å². The van der Waals surface area contributed by atoms with E-state index in [2.05, 4.69) is 33.3 Å². The third kappa shape index (κ3) is 2.31. The van der Waals surface area contributed by atoms with Crippen LogP contribution in [0.25, 0.3) is 0 Å². The molecule has 1 aromatic rings. The minimum atomic E-state index is -0.249. The molecule has 1 aliphatic heterocycles. The zero-order valence-corrected chi connectivity index (χ0v) is 11.9. The third-order valence-electron chi connectivity index (χ3n) is 3.56. The molecular weight excluding hydrogens is 282 g/mol. The Balaban J connectivity index is 2.32. The van der Waals surface area contributed by atoms with E-state index < -0.39 is 0 Å². The Labute approximate surface area is 110 Å². The predicted octanol–water partition coefficient (Wildman–Crippen LogP) is 2.24. The smallest absolute Gasteiger partial charge is 0.187 e. The van der Waals surface area contributed by atoms with E-state index in [4.69, 9.17) is 0 Å². The normalized spacial score (nSPS) is 19.2. The van der Waals surface area contributed by atoms with Crippen LogP contribution in [-0.4, -0.2) is 28.7 Å². The molecule has 0 aliphatic carbocycles. The molecule has 0 unspecified atom stereocenters. The lowest BCUT2D eigenvalue weighted by atomic mass is 9.76. The zero-order valence-electron chi connectivity index (χ0n) is 10.3. The van der Waals surface area contributed by atoms with E-state index in [0.717, 1.165) is 42.6 Å². The maximum atomic E-state index is 12.7. The Morgan fingerprint density at radius 1 is 1.59 bits per heavy atom. The van der Waals surface area contributed by atoms with E-state index >= 15 is 0 Å². The van der Waals surface area contributed by atoms with Gasteiger partial charge in [-0.1, -0.05) is 6.92 Å². The molecule has 2 rings (SSSR count). The highest BCUT2D eigenvalue weighted by Crippen LogP contribution is 2.34. The molecule has 0 amide bonds. The molecule has 17 heavy (non-hydrogen) atoms. The molecule has 94 valence electrons.